The Morgan fingerprint density at radius 2 is 1.81 bits per heavy atom. The van der Waals surface area contributed by atoms with Crippen molar-refractivity contribution >= 4 is 33.5 Å². The van der Waals surface area contributed by atoms with Gasteiger partial charge in [0.1, 0.15) is 24.1 Å². The first-order valence-corrected chi connectivity index (χ1v) is 13.0. The van der Waals surface area contributed by atoms with Gasteiger partial charge in [-0.25, -0.2) is 18.0 Å². The maximum atomic E-state index is 15.0. The number of rotatable bonds is 7. The maximum Gasteiger partial charge on any atom is 0.414 e. The molecule has 2 amide bonds. The predicted octanol–water partition coefficient (Wildman–Crippen LogP) is 3.06. The fourth-order valence-electron chi connectivity index (χ4n) is 4.22. The SMILES string of the molecule is CC(=O)NC[C@H]1CN(c2cc(F)c(N3CCC(OS(=O)(=O)c4ccc(C)cc4)C(F)C3)c(F)c2)C(=O)O1. The molecule has 0 saturated carbocycles. The summed E-state index contributed by atoms with van der Waals surface area (Å²) < 4.78 is 80.2. The molecule has 0 spiro atoms. The van der Waals surface area contributed by atoms with E-state index in [0.29, 0.717) is 0 Å². The van der Waals surface area contributed by atoms with Crippen LogP contribution in [-0.2, 0) is 23.8 Å². The van der Waals surface area contributed by atoms with Gasteiger partial charge >= 0.3 is 6.09 Å². The van der Waals surface area contributed by atoms with Gasteiger partial charge in [0.2, 0.25) is 5.91 Å². The first-order valence-electron chi connectivity index (χ1n) is 11.5. The van der Waals surface area contributed by atoms with Crippen LogP contribution < -0.4 is 15.1 Å². The van der Waals surface area contributed by atoms with Crippen LogP contribution in [0.5, 0.6) is 0 Å². The molecule has 0 aromatic heterocycles. The molecule has 2 fully saturated rings. The summed E-state index contributed by atoms with van der Waals surface area (Å²) in [5.41, 5.74) is 0.263. The van der Waals surface area contributed by atoms with Crippen molar-refractivity contribution in [3.8, 4) is 0 Å². The summed E-state index contributed by atoms with van der Waals surface area (Å²) in [6, 6.07) is 7.78. The number of nitrogens with zero attached hydrogens (tertiary/aromatic N) is 2. The minimum Gasteiger partial charge on any atom is -0.442 e. The molecular weight excluding hydrogens is 515 g/mol. The van der Waals surface area contributed by atoms with Gasteiger partial charge in [0, 0.05) is 25.6 Å². The van der Waals surface area contributed by atoms with Crippen LogP contribution in [0.3, 0.4) is 0 Å². The molecule has 2 saturated heterocycles. The lowest BCUT2D eigenvalue weighted by Gasteiger charge is -2.36. The molecule has 2 aliphatic rings. The van der Waals surface area contributed by atoms with Gasteiger partial charge in [-0.3, -0.25) is 13.9 Å². The molecule has 13 heteroatoms. The number of nitrogens with one attached hydrogen (secondary N) is 1. The number of carbonyl (C=O) groups excluding carboxylic acids is 2. The second kappa shape index (κ2) is 10.6. The number of anilines is 2. The number of hydrogen-bond acceptors (Lipinski definition) is 7. The zero-order chi connectivity index (χ0) is 26.9. The van der Waals surface area contributed by atoms with Gasteiger partial charge in [-0.2, -0.15) is 8.42 Å². The first kappa shape index (κ1) is 26.7. The van der Waals surface area contributed by atoms with E-state index in [1.54, 1.807) is 19.1 Å². The molecular formula is C24H26F3N3O6S. The zero-order valence-corrected chi connectivity index (χ0v) is 20.9. The highest BCUT2D eigenvalue weighted by Crippen LogP contribution is 2.34. The maximum absolute atomic E-state index is 15.0. The third-order valence-corrected chi connectivity index (χ3v) is 7.47. The number of halogens is 3. The monoisotopic (exact) mass is 541 g/mol. The lowest BCUT2D eigenvalue weighted by atomic mass is 10.0. The Morgan fingerprint density at radius 1 is 1.16 bits per heavy atom. The Balaban J connectivity index is 1.43. The van der Waals surface area contributed by atoms with Crippen LogP contribution in [-0.4, -0.2) is 65.0 Å². The summed E-state index contributed by atoms with van der Waals surface area (Å²) in [4.78, 5) is 25.3. The predicted molar refractivity (Wildman–Crippen MR) is 128 cm³/mol. The fraction of sp³-hybridized carbons (Fsp3) is 0.417. The van der Waals surface area contributed by atoms with Crippen LogP contribution in [0.25, 0.3) is 0 Å². The topological polar surface area (TPSA) is 105 Å². The zero-order valence-electron chi connectivity index (χ0n) is 20.1. The Hall–Kier alpha value is -3.32. The highest BCUT2D eigenvalue weighted by molar-refractivity contribution is 7.86. The van der Waals surface area contributed by atoms with Gasteiger partial charge in [-0.15, -0.1) is 0 Å². The molecule has 2 heterocycles. The number of alkyl halides is 1. The number of hydrogen-bond donors (Lipinski definition) is 1. The number of amides is 2. The Labute approximate surface area is 212 Å². The van der Waals surface area contributed by atoms with E-state index >= 15 is 8.78 Å². The van der Waals surface area contributed by atoms with Crippen LogP contribution in [0.15, 0.2) is 41.3 Å². The van der Waals surface area contributed by atoms with E-state index in [2.05, 4.69) is 5.32 Å². The number of cyclic esters (lactones) is 1. The van der Waals surface area contributed by atoms with Crippen molar-refractivity contribution in [2.24, 2.45) is 0 Å². The van der Waals surface area contributed by atoms with Crippen molar-refractivity contribution in [2.75, 3.05) is 36.0 Å². The molecule has 0 bridgehead atoms. The standard InChI is InChI=1S/C24H26F3N3O6S/c1-14-3-5-18(6-4-14)37(33,34)36-22-7-8-29(13-21(22)27)23-19(25)9-16(10-20(23)26)30-12-17(35-24(30)32)11-28-15(2)31/h3-6,9-10,17,21-22H,7-8,11-13H2,1-2H3,(H,28,31)/t17-,21?,22?/m0/s1. The van der Waals surface area contributed by atoms with Crippen molar-refractivity contribution < 1.29 is 40.1 Å². The van der Waals surface area contributed by atoms with Crippen molar-refractivity contribution in [3.63, 3.8) is 0 Å². The summed E-state index contributed by atoms with van der Waals surface area (Å²) in [6.07, 6.45) is -4.79. The molecule has 2 aromatic rings. The number of carbonyl (C=O) groups is 2. The van der Waals surface area contributed by atoms with Crippen molar-refractivity contribution in [1.29, 1.82) is 0 Å². The van der Waals surface area contributed by atoms with Gasteiger partial charge in [-0.1, -0.05) is 17.7 Å². The van der Waals surface area contributed by atoms with E-state index in [4.69, 9.17) is 8.92 Å². The van der Waals surface area contributed by atoms with Gasteiger partial charge in [0.25, 0.3) is 10.1 Å². The molecule has 200 valence electrons. The third kappa shape index (κ3) is 5.99. The number of ether oxygens (including phenoxy) is 1. The van der Waals surface area contributed by atoms with Gasteiger partial charge in [-0.05, 0) is 25.5 Å². The summed E-state index contributed by atoms with van der Waals surface area (Å²) >= 11 is 0. The molecule has 37 heavy (non-hydrogen) atoms. The second-order valence-corrected chi connectivity index (χ2v) is 10.5. The second-order valence-electron chi connectivity index (χ2n) is 8.96. The fourth-order valence-corrected chi connectivity index (χ4v) is 5.35. The van der Waals surface area contributed by atoms with Crippen molar-refractivity contribution in [3.05, 3.63) is 53.6 Å². The van der Waals surface area contributed by atoms with Crippen molar-refractivity contribution in [1.82, 2.24) is 5.32 Å². The number of piperidine rings is 1. The Bertz CT molecular complexity index is 1270. The van der Waals surface area contributed by atoms with E-state index in [0.717, 1.165) is 27.5 Å². The molecule has 2 aliphatic heterocycles. The summed E-state index contributed by atoms with van der Waals surface area (Å²) in [5.74, 6) is -2.36. The lowest BCUT2D eigenvalue weighted by molar-refractivity contribution is -0.119. The van der Waals surface area contributed by atoms with Crippen LogP contribution in [0.2, 0.25) is 0 Å². The summed E-state index contributed by atoms with van der Waals surface area (Å²) in [7, 11) is -4.22. The number of aryl methyl sites for hydroxylation is 1. The van der Waals surface area contributed by atoms with E-state index < -0.39 is 58.5 Å². The first-order chi connectivity index (χ1) is 17.4. The largest absolute Gasteiger partial charge is 0.442 e. The van der Waals surface area contributed by atoms with E-state index in [9.17, 15) is 22.4 Å². The van der Waals surface area contributed by atoms with Crippen molar-refractivity contribution in [2.45, 2.75) is 43.5 Å². The van der Waals surface area contributed by atoms with E-state index in [-0.39, 0.29) is 42.5 Å². The normalized spacial score (nSPS) is 22.2. The van der Waals surface area contributed by atoms with E-state index in [1.807, 2.05) is 0 Å². The molecule has 0 radical (unpaired) electrons. The van der Waals surface area contributed by atoms with Gasteiger partial charge in [0.05, 0.1) is 30.2 Å². The molecule has 1 N–H and O–H groups in total. The highest BCUT2D eigenvalue weighted by Gasteiger charge is 2.37. The quantitative estimate of drug-likeness (QED) is 0.538. The molecule has 2 aromatic carbocycles. The van der Waals surface area contributed by atoms with Crippen LogP contribution in [0.1, 0.15) is 18.9 Å². The number of benzene rings is 2. The smallest absolute Gasteiger partial charge is 0.414 e. The van der Waals surface area contributed by atoms with E-state index in [1.165, 1.54) is 19.1 Å². The Kier molecular flexibility index (Phi) is 7.64. The summed E-state index contributed by atoms with van der Waals surface area (Å²) in [5, 5.41) is 2.51. The molecule has 3 atom stereocenters. The van der Waals surface area contributed by atoms with Crippen LogP contribution in [0, 0.1) is 18.6 Å². The molecule has 4 rings (SSSR count). The lowest BCUT2D eigenvalue weighted by Crippen LogP contribution is -2.47. The van der Waals surface area contributed by atoms with Crippen LogP contribution in [0.4, 0.5) is 29.3 Å². The molecule has 2 unspecified atom stereocenters. The summed E-state index contributed by atoms with van der Waals surface area (Å²) in [6.45, 7) is 2.56. The van der Waals surface area contributed by atoms with Crippen LogP contribution >= 0.6 is 0 Å². The third-order valence-electron chi connectivity index (χ3n) is 6.12. The average Bonchev–Trinajstić information content (AvgIpc) is 3.19. The van der Waals surface area contributed by atoms with Gasteiger partial charge < -0.3 is 15.0 Å². The molecule has 9 nitrogen and oxygen atoms in total. The molecule has 0 aliphatic carbocycles. The minimum absolute atomic E-state index is 0.0257. The average molecular weight is 542 g/mol. The Morgan fingerprint density at radius 3 is 2.41 bits per heavy atom. The minimum atomic E-state index is -4.22. The highest BCUT2D eigenvalue weighted by atomic mass is 32.2. The van der Waals surface area contributed by atoms with Gasteiger partial charge in [0.15, 0.2) is 11.6 Å².